The summed E-state index contributed by atoms with van der Waals surface area (Å²) in [6, 6.07) is 8.60. The van der Waals surface area contributed by atoms with Gasteiger partial charge in [-0.25, -0.2) is 8.42 Å². The van der Waals surface area contributed by atoms with Crippen molar-refractivity contribution in [3.05, 3.63) is 35.4 Å². The molecule has 0 fully saturated rings. The Morgan fingerprint density at radius 2 is 1.80 bits per heavy atom. The quantitative estimate of drug-likeness (QED) is 0.386. The summed E-state index contributed by atoms with van der Waals surface area (Å²) < 4.78 is 27.4. The smallest absolute Gasteiger partial charge is 0.194 e. The number of hydrogen-bond donors (Lipinski definition) is 1. The lowest BCUT2D eigenvalue weighted by atomic mass is 10.1. The average molecular weight is 370 g/mol. The fourth-order valence-corrected chi connectivity index (χ4v) is 2.65. The van der Waals surface area contributed by atoms with E-state index >= 15 is 0 Å². The predicted octanol–water partition coefficient (Wildman–Crippen LogP) is 1.71. The zero-order valence-corrected chi connectivity index (χ0v) is 16.6. The molecule has 0 spiro atoms. The normalized spacial score (nSPS) is 12.2. The van der Waals surface area contributed by atoms with E-state index in [4.69, 9.17) is 4.74 Å². The second-order valence-electron chi connectivity index (χ2n) is 6.00. The third-order valence-corrected chi connectivity index (χ3v) is 4.55. The Bertz CT molecular complexity index is 627. The number of ether oxygens (including phenoxy) is 1. The van der Waals surface area contributed by atoms with Gasteiger partial charge in [-0.2, -0.15) is 0 Å². The summed E-state index contributed by atoms with van der Waals surface area (Å²) in [7, 11) is -0.971. The molecule has 0 aliphatic carbocycles. The topological polar surface area (TPSA) is 71.0 Å². The Kier molecular flexibility index (Phi) is 9.52. The van der Waals surface area contributed by atoms with E-state index < -0.39 is 9.84 Å². The van der Waals surface area contributed by atoms with Gasteiger partial charge >= 0.3 is 0 Å². The van der Waals surface area contributed by atoms with Crippen LogP contribution in [0.25, 0.3) is 0 Å². The highest BCUT2D eigenvalue weighted by molar-refractivity contribution is 7.90. The maximum Gasteiger partial charge on any atom is 0.194 e. The number of aryl methyl sites for hydroxylation is 1. The first kappa shape index (κ1) is 21.4. The molecule has 25 heavy (non-hydrogen) atoms. The van der Waals surface area contributed by atoms with E-state index in [1.807, 2.05) is 14.0 Å². The summed E-state index contributed by atoms with van der Waals surface area (Å²) >= 11 is 0. The lowest BCUT2D eigenvalue weighted by Gasteiger charge is -2.22. The second-order valence-corrected chi connectivity index (χ2v) is 8.26. The van der Waals surface area contributed by atoms with Gasteiger partial charge in [0.2, 0.25) is 0 Å². The number of nitrogens with zero attached hydrogens (tertiary/aromatic N) is 2. The summed E-state index contributed by atoms with van der Waals surface area (Å²) in [5, 5.41) is 3.26. The van der Waals surface area contributed by atoms with E-state index in [9.17, 15) is 8.42 Å². The van der Waals surface area contributed by atoms with Crippen molar-refractivity contribution in [3.63, 3.8) is 0 Å². The van der Waals surface area contributed by atoms with Gasteiger partial charge in [-0.1, -0.05) is 31.2 Å². The first-order chi connectivity index (χ1) is 11.9. The molecule has 0 heterocycles. The molecule has 0 saturated carbocycles. The first-order valence-corrected chi connectivity index (χ1v) is 10.7. The van der Waals surface area contributed by atoms with Gasteiger partial charge < -0.3 is 15.0 Å². The van der Waals surface area contributed by atoms with Gasteiger partial charge in [-0.05, 0) is 24.5 Å². The monoisotopic (exact) mass is 369 g/mol. The van der Waals surface area contributed by atoms with E-state index in [0.29, 0.717) is 13.2 Å². The van der Waals surface area contributed by atoms with Crippen molar-refractivity contribution in [3.8, 4) is 0 Å². The Labute approximate surface area is 152 Å². The largest absolute Gasteiger partial charge is 0.378 e. The van der Waals surface area contributed by atoms with E-state index in [2.05, 4.69) is 46.4 Å². The summed E-state index contributed by atoms with van der Waals surface area (Å²) in [6.45, 7) is 6.84. The van der Waals surface area contributed by atoms with Crippen LogP contribution in [-0.2, 0) is 27.5 Å². The predicted molar refractivity (Wildman–Crippen MR) is 104 cm³/mol. The number of benzene rings is 1. The Morgan fingerprint density at radius 3 is 2.36 bits per heavy atom. The molecule has 7 heteroatoms. The van der Waals surface area contributed by atoms with Gasteiger partial charge in [0.15, 0.2) is 5.96 Å². The highest BCUT2D eigenvalue weighted by Crippen LogP contribution is 2.07. The van der Waals surface area contributed by atoms with Crippen LogP contribution >= 0.6 is 0 Å². The molecule has 0 bridgehead atoms. The van der Waals surface area contributed by atoms with Crippen LogP contribution in [0.15, 0.2) is 29.3 Å². The van der Waals surface area contributed by atoms with Gasteiger partial charge in [-0.3, -0.25) is 4.99 Å². The minimum atomic E-state index is -2.97. The minimum absolute atomic E-state index is 0.0461. The summed E-state index contributed by atoms with van der Waals surface area (Å²) in [5.41, 5.74) is 2.56. The fraction of sp³-hybridized carbons (Fsp3) is 0.611. The molecule has 1 rings (SSSR count). The molecule has 6 nitrogen and oxygen atoms in total. The summed E-state index contributed by atoms with van der Waals surface area (Å²) in [5.74, 6) is 0.860. The molecule has 1 N–H and O–H groups in total. The first-order valence-electron chi connectivity index (χ1n) is 8.68. The summed E-state index contributed by atoms with van der Waals surface area (Å²) in [6.07, 6.45) is 2.25. The molecule has 1 aromatic carbocycles. The van der Waals surface area contributed by atoms with Crippen LogP contribution in [0.1, 0.15) is 25.0 Å². The van der Waals surface area contributed by atoms with Crippen LogP contribution < -0.4 is 5.32 Å². The van der Waals surface area contributed by atoms with Gasteiger partial charge in [0, 0.05) is 26.4 Å². The Balaban J connectivity index is 2.49. The molecule has 0 aromatic heterocycles. The van der Waals surface area contributed by atoms with Crippen molar-refractivity contribution in [1.29, 1.82) is 0 Å². The summed E-state index contributed by atoms with van der Waals surface area (Å²) in [4.78, 5) is 6.60. The van der Waals surface area contributed by atoms with Crippen molar-refractivity contribution < 1.29 is 13.2 Å². The fourth-order valence-electron chi connectivity index (χ4n) is 2.23. The zero-order valence-electron chi connectivity index (χ0n) is 15.8. The standard InChI is InChI=1S/C18H31N3O3S/c1-5-16-7-9-17(10-8-16)15-21(3)18(19-6-2)20-11-12-24-13-14-25(4,22)23/h7-10H,5-6,11-15H2,1-4H3,(H,19,20). The number of guanidine groups is 1. The van der Waals surface area contributed by atoms with Crippen LogP contribution in [0.2, 0.25) is 0 Å². The van der Waals surface area contributed by atoms with Crippen LogP contribution in [0, 0.1) is 0 Å². The molecular formula is C18H31N3O3S. The molecule has 0 aliphatic rings. The van der Waals surface area contributed by atoms with E-state index in [-0.39, 0.29) is 12.4 Å². The third kappa shape index (κ3) is 9.45. The molecule has 0 saturated heterocycles. The Hall–Kier alpha value is -1.60. The molecule has 0 radical (unpaired) electrons. The van der Waals surface area contributed by atoms with Crippen molar-refractivity contribution in [2.45, 2.75) is 26.8 Å². The van der Waals surface area contributed by atoms with Gasteiger partial charge in [0.1, 0.15) is 9.84 Å². The minimum Gasteiger partial charge on any atom is -0.378 e. The highest BCUT2D eigenvalue weighted by atomic mass is 32.2. The van der Waals surface area contributed by atoms with E-state index in [1.165, 1.54) is 17.4 Å². The number of aliphatic imine (C=N–C) groups is 1. The number of sulfone groups is 1. The van der Waals surface area contributed by atoms with E-state index in [0.717, 1.165) is 25.5 Å². The second kappa shape index (κ2) is 11.1. The molecule has 0 aliphatic heterocycles. The average Bonchev–Trinajstić information content (AvgIpc) is 2.56. The van der Waals surface area contributed by atoms with E-state index in [1.54, 1.807) is 0 Å². The molecule has 0 amide bonds. The van der Waals surface area contributed by atoms with Crippen LogP contribution in [-0.4, -0.2) is 64.6 Å². The van der Waals surface area contributed by atoms with Crippen molar-refractivity contribution >= 4 is 15.8 Å². The SMILES string of the molecule is CCNC(=NCCOCCS(C)(=O)=O)N(C)Cc1ccc(CC)cc1. The molecule has 1 aromatic rings. The molecule has 0 atom stereocenters. The maximum atomic E-state index is 11.0. The van der Waals surface area contributed by atoms with Crippen LogP contribution in [0.5, 0.6) is 0 Å². The highest BCUT2D eigenvalue weighted by Gasteiger charge is 2.06. The number of nitrogens with one attached hydrogen (secondary N) is 1. The zero-order chi connectivity index (χ0) is 18.7. The third-order valence-electron chi connectivity index (χ3n) is 3.64. The van der Waals surface area contributed by atoms with Gasteiger partial charge in [0.05, 0.1) is 25.5 Å². The van der Waals surface area contributed by atoms with Crippen molar-refractivity contribution in [2.24, 2.45) is 4.99 Å². The number of rotatable bonds is 10. The van der Waals surface area contributed by atoms with Crippen molar-refractivity contribution in [1.82, 2.24) is 10.2 Å². The number of hydrogen-bond acceptors (Lipinski definition) is 4. The Morgan fingerprint density at radius 1 is 1.16 bits per heavy atom. The lowest BCUT2D eigenvalue weighted by Crippen LogP contribution is -2.38. The molecular weight excluding hydrogens is 338 g/mol. The van der Waals surface area contributed by atoms with Crippen LogP contribution in [0.3, 0.4) is 0 Å². The van der Waals surface area contributed by atoms with Crippen molar-refractivity contribution in [2.75, 3.05) is 45.4 Å². The molecule has 142 valence electrons. The lowest BCUT2D eigenvalue weighted by molar-refractivity contribution is 0.157. The van der Waals surface area contributed by atoms with Gasteiger partial charge in [-0.15, -0.1) is 0 Å². The maximum absolute atomic E-state index is 11.0. The van der Waals surface area contributed by atoms with Gasteiger partial charge in [0.25, 0.3) is 0 Å². The molecule has 0 unspecified atom stereocenters. The van der Waals surface area contributed by atoms with Crippen LogP contribution in [0.4, 0.5) is 0 Å².